The Hall–Kier alpha value is -2.56. The molecule has 0 fully saturated rings. The van der Waals surface area contributed by atoms with Crippen molar-refractivity contribution < 1.29 is 9.53 Å². The van der Waals surface area contributed by atoms with Gasteiger partial charge in [-0.05, 0) is 43.7 Å². The van der Waals surface area contributed by atoms with Crippen LogP contribution in [0.3, 0.4) is 0 Å². The van der Waals surface area contributed by atoms with Crippen LogP contribution in [0.25, 0.3) is 0 Å². The van der Waals surface area contributed by atoms with Crippen molar-refractivity contribution in [3.8, 4) is 5.75 Å². The molecule has 1 aliphatic heterocycles. The number of benzene rings is 1. The van der Waals surface area contributed by atoms with E-state index in [0.717, 1.165) is 11.3 Å². The highest BCUT2D eigenvalue weighted by Gasteiger charge is 2.23. The van der Waals surface area contributed by atoms with Crippen LogP contribution in [0.1, 0.15) is 25.5 Å². The van der Waals surface area contributed by atoms with Gasteiger partial charge in [0.1, 0.15) is 5.75 Å². The molecular weight excluding hydrogens is 266 g/mol. The van der Waals surface area contributed by atoms with Gasteiger partial charge >= 0.3 is 0 Å². The van der Waals surface area contributed by atoms with Gasteiger partial charge in [0.05, 0.1) is 11.7 Å². The summed E-state index contributed by atoms with van der Waals surface area (Å²) >= 11 is 0. The van der Waals surface area contributed by atoms with E-state index in [1.54, 1.807) is 13.1 Å². The first kappa shape index (κ1) is 13.4. The van der Waals surface area contributed by atoms with Crippen molar-refractivity contribution in [2.24, 2.45) is 0 Å². The van der Waals surface area contributed by atoms with Gasteiger partial charge in [-0.3, -0.25) is 9.78 Å². The van der Waals surface area contributed by atoms with Gasteiger partial charge in [-0.1, -0.05) is 6.07 Å². The van der Waals surface area contributed by atoms with Crippen LogP contribution in [0.5, 0.6) is 5.75 Å². The van der Waals surface area contributed by atoms with Gasteiger partial charge in [0.25, 0.3) is 5.91 Å². The van der Waals surface area contributed by atoms with Crippen LogP contribution in [-0.2, 0) is 4.79 Å². The molecule has 2 N–H and O–H groups in total. The van der Waals surface area contributed by atoms with E-state index >= 15 is 0 Å². The predicted molar refractivity (Wildman–Crippen MR) is 81.4 cm³/mol. The summed E-state index contributed by atoms with van der Waals surface area (Å²) in [5.41, 5.74) is 2.72. The highest BCUT2D eigenvalue weighted by Crippen LogP contribution is 2.33. The van der Waals surface area contributed by atoms with E-state index < -0.39 is 6.10 Å². The number of ether oxygens (including phenoxy) is 1. The van der Waals surface area contributed by atoms with Crippen LogP contribution in [-0.4, -0.2) is 17.0 Å². The van der Waals surface area contributed by atoms with Crippen LogP contribution in [0, 0.1) is 0 Å². The Labute approximate surface area is 123 Å². The maximum absolute atomic E-state index is 11.6. The summed E-state index contributed by atoms with van der Waals surface area (Å²) in [6.07, 6.45) is 3.14. The summed E-state index contributed by atoms with van der Waals surface area (Å²) in [6, 6.07) is 9.74. The zero-order chi connectivity index (χ0) is 14.8. The van der Waals surface area contributed by atoms with Crippen LogP contribution < -0.4 is 15.4 Å². The van der Waals surface area contributed by atoms with Gasteiger partial charge in [-0.15, -0.1) is 0 Å². The lowest BCUT2D eigenvalue weighted by atomic mass is 10.1. The zero-order valence-electron chi connectivity index (χ0n) is 12.0. The lowest BCUT2D eigenvalue weighted by Crippen LogP contribution is -2.34. The van der Waals surface area contributed by atoms with Gasteiger partial charge in [0.2, 0.25) is 0 Å². The fourth-order valence-corrected chi connectivity index (χ4v) is 2.26. The molecule has 0 saturated heterocycles. The van der Waals surface area contributed by atoms with Crippen molar-refractivity contribution in [1.82, 2.24) is 4.98 Å². The van der Waals surface area contributed by atoms with E-state index in [9.17, 15) is 4.79 Å². The Kier molecular flexibility index (Phi) is 3.48. The minimum absolute atomic E-state index is 0.121. The Morgan fingerprint density at radius 2 is 2.24 bits per heavy atom. The van der Waals surface area contributed by atoms with Crippen molar-refractivity contribution in [2.45, 2.75) is 26.0 Å². The molecule has 3 rings (SSSR count). The number of hydrogen-bond donors (Lipinski definition) is 2. The van der Waals surface area contributed by atoms with Crippen molar-refractivity contribution in [3.05, 3.63) is 48.3 Å². The number of aromatic nitrogens is 1. The molecule has 1 aromatic heterocycles. The molecule has 0 saturated carbocycles. The maximum Gasteiger partial charge on any atom is 0.265 e. The molecule has 1 aliphatic rings. The molecule has 0 bridgehead atoms. The molecule has 5 nitrogen and oxygen atoms in total. The smallest absolute Gasteiger partial charge is 0.265 e. The van der Waals surface area contributed by atoms with E-state index in [4.69, 9.17) is 4.74 Å². The molecular formula is C16H17N3O2. The molecule has 1 aromatic carbocycles. The molecule has 1 amide bonds. The second kappa shape index (κ2) is 5.44. The average Bonchev–Trinajstić information content (AvgIpc) is 2.49. The minimum Gasteiger partial charge on any atom is -0.479 e. The lowest BCUT2D eigenvalue weighted by molar-refractivity contribution is -0.122. The average molecular weight is 283 g/mol. The lowest BCUT2D eigenvalue weighted by Gasteiger charge is -2.24. The van der Waals surface area contributed by atoms with E-state index in [2.05, 4.69) is 22.5 Å². The van der Waals surface area contributed by atoms with Crippen molar-refractivity contribution >= 4 is 17.3 Å². The third kappa shape index (κ3) is 2.81. The summed E-state index contributed by atoms with van der Waals surface area (Å²) in [4.78, 5) is 15.8. The normalized spacial score (nSPS) is 18.2. The van der Waals surface area contributed by atoms with Crippen LogP contribution in [0.4, 0.5) is 11.4 Å². The number of fused-ring (bicyclic) bond motifs is 1. The maximum atomic E-state index is 11.6. The summed E-state index contributed by atoms with van der Waals surface area (Å²) < 4.78 is 5.54. The van der Waals surface area contributed by atoms with E-state index in [1.807, 2.05) is 36.5 Å². The summed E-state index contributed by atoms with van der Waals surface area (Å²) in [6.45, 7) is 3.79. The number of carbonyl (C=O) groups is 1. The number of carbonyl (C=O) groups excluding carboxylic acids is 1. The standard InChI is InChI=1S/C16H17N3O2/c1-10(12-4-3-7-17-9-12)18-13-5-6-15-14(8-13)19-16(20)11(2)21-15/h3-11,18H,1-2H3,(H,19,20). The minimum atomic E-state index is -0.453. The van der Waals surface area contributed by atoms with Gasteiger partial charge in [0.15, 0.2) is 6.10 Å². The number of nitrogens with zero attached hydrogens (tertiary/aromatic N) is 1. The second-order valence-corrected chi connectivity index (χ2v) is 5.11. The molecule has 108 valence electrons. The highest BCUT2D eigenvalue weighted by atomic mass is 16.5. The Bertz CT molecular complexity index is 658. The third-order valence-corrected chi connectivity index (χ3v) is 3.48. The quantitative estimate of drug-likeness (QED) is 0.909. The molecule has 2 heterocycles. The fourth-order valence-electron chi connectivity index (χ4n) is 2.26. The first-order valence-electron chi connectivity index (χ1n) is 6.91. The van der Waals surface area contributed by atoms with Crippen molar-refractivity contribution in [3.63, 3.8) is 0 Å². The van der Waals surface area contributed by atoms with Crippen LogP contribution in [0.2, 0.25) is 0 Å². The molecule has 21 heavy (non-hydrogen) atoms. The summed E-state index contributed by atoms with van der Waals surface area (Å²) in [5.74, 6) is 0.571. The molecule has 0 aliphatic carbocycles. The Morgan fingerprint density at radius 1 is 1.38 bits per heavy atom. The number of nitrogens with one attached hydrogen (secondary N) is 2. The Balaban J connectivity index is 1.78. The molecule has 2 unspecified atom stereocenters. The Morgan fingerprint density at radius 3 is 3.00 bits per heavy atom. The summed E-state index contributed by atoms with van der Waals surface area (Å²) in [5, 5.41) is 6.23. The molecule has 0 spiro atoms. The van der Waals surface area contributed by atoms with Gasteiger partial charge < -0.3 is 15.4 Å². The first-order chi connectivity index (χ1) is 10.1. The van der Waals surface area contributed by atoms with Crippen LogP contribution in [0.15, 0.2) is 42.7 Å². The number of anilines is 2. The number of hydrogen-bond acceptors (Lipinski definition) is 4. The molecule has 5 heteroatoms. The van der Waals surface area contributed by atoms with Gasteiger partial charge in [-0.2, -0.15) is 0 Å². The van der Waals surface area contributed by atoms with E-state index in [0.29, 0.717) is 11.4 Å². The van der Waals surface area contributed by atoms with Gasteiger partial charge in [0, 0.05) is 18.1 Å². The second-order valence-electron chi connectivity index (χ2n) is 5.11. The fraction of sp³-hybridized carbons (Fsp3) is 0.250. The third-order valence-electron chi connectivity index (χ3n) is 3.48. The molecule has 2 atom stereocenters. The monoisotopic (exact) mass is 283 g/mol. The summed E-state index contributed by atoms with van der Waals surface area (Å²) in [7, 11) is 0. The predicted octanol–water partition coefficient (Wildman–Crippen LogP) is 2.97. The largest absolute Gasteiger partial charge is 0.479 e. The zero-order valence-corrected chi connectivity index (χ0v) is 12.0. The number of pyridine rings is 1. The highest BCUT2D eigenvalue weighted by molar-refractivity contribution is 5.98. The topological polar surface area (TPSA) is 63.2 Å². The SMILES string of the molecule is CC1Oc2ccc(NC(C)c3cccnc3)cc2NC1=O. The number of amides is 1. The molecule has 2 aromatic rings. The van der Waals surface area contributed by atoms with Crippen LogP contribution >= 0.6 is 0 Å². The van der Waals surface area contributed by atoms with Crippen molar-refractivity contribution in [1.29, 1.82) is 0 Å². The molecule has 0 radical (unpaired) electrons. The van der Waals surface area contributed by atoms with Crippen molar-refractivity contribution in [2.75, 3.05) is 10.6 Å². The number of rotatable bonds is 3. The van der Waals surface area contributed by atoms with Gasteiger partial charge in [-0.25, -0.2) is 0 Å². The van der Waals surface area contributed by atoms with E-state index in [1.165, 1.54) is 0 Å². The van der Waals surface area contributed by atoms with E-state index in [-0.39, 0.29) is 11.9 Å². The first-order valence-corrected chi connectivity index (χ1v) is 6.91.